The number of benzene rings is 1. The van der Waals surface area contributed by atoms with Gasteiger partial charge in [0.1, 0.15) is 11.6 Å². The van der Waals surface area contributed by atoms with Gasteiger partial charge in [0.25, 0.3) is 0 Å². The summed E-state index contributed by atoms with van der Waals surface area (Å²) in [6.45, 7) is 6.41. The number of ether oxygens (including phenoxy) is 1. The normalized spacial score (nSPS) is 19.9. The molecular weight excluding hydrogens is 415 g/mol. The van der Waals surface area contributed by atoms with E-state index in [-0.39, 0.29) is 41.5 Å². The maximum Gasteiger partial charge on any atom is 0.191 e. The predicted octanol–water partition coefficient (Wildman–Crippen LogP) is 3.03. The minimum atomic E-state index is -0.479. The van der Waals surface area contributed by atoms with Gasteiger partial charge in [0.05, 0.1) is 13.2 Å². The van der Waals surface area contributed by atoms with Crippen molar-refractivity contribution >= 4 is 29.9 Å². The van der Waals surface area contributed by atoms with Crippen LogP contribution in [0.2, 0.25) is 0 Å². The molecule has 0 aromatic heterocycles. The second-order valence-electron chi connectivity index (χ2n) is 5.19. The lowest BCUT2D eigenvalue weighted by atomic mass is 10.1. The second kappa shape index (κ2) is 10.0. The maximum absolute atomic E-state index is 13.8. The summed E-state index contributed by atoms with van der Waals surface area (Å²) in [6.07, 6.45) is 0.702. The van der Waals surface area contributed by atoms with Crippen LogP contribution in [0.5, 0.6) is 0 Å². The first-order chi connectivity index (χ1) is 10.7. The zero-order valence-corrected chi connectivity index (χ0v) is 15.8. The molecule has 130 valence electrons. The minimum absolute atomic E-state index is 0. The Kier molecular flexibility index (Phi) is 8.75. The average Bonchev–Trinajstić information content (AvgIpc) is 3.22. The summed E-state index contributed by atoms with van der Waals surface area (Å²) in [4.78, 5) is 4.39. The quantitative estimate of drug-likeness (QED) is 0.297. The minimum Gasteiger partial charge on any atom is -0.380 e. The van der Waals surface area contributed by atoms with Gasteiger partial charge in [0, 0.05) is 30.7 Å². The van der Waals surface area contributed by atoms with Crippen molar-refractivity contribution in [3.63, 3.8) is 0 Å². The molecule has 2 unspecified atom stereocenters. The van der Waals surface area contributed by atoms with E-state index in [2.05, 4.69) is 15.6 Å². The Bertz CT molecular complexity index is 508. The van der Waals surface area contributed by atoms with Gasteiger partial charge < -0.3 is 15.4 Å². The van der Waals surface area contributed by atoms with E-state index in [1.807, 2.05) is 13.8 Å². The molecule has 23 heavy (non-hydrogen) atoms. The van der Waals surface area contributed by atoms with Crippen molar-refractivity contribution < 1.29 is 13.5 Å². The molecule has 1 aromatic carbocycles. The van der Waals surface area contributed by atoms with Gasteiger partial charge >= 0.3 is 0 Å². The fourth-order valence-electron chi connectivity index (χ4n) is 2.40. The smallest absolute Gasteiger partial charge is 0.191 e. The summed E-state index contributed by atoms with van der Waals surface area (Å²) in [7, 11) is 0. The lowest BCUT2D eigenvalue weighted by Crippen LogP contribution is -2.39. The molecule has 1 aliphatic rings. The summed E-state index contributed by atoms with van der Waals surface area (Å²) < 4.78 is 32.8. The third-order valence-corrected chi connectivity index (χ3v) is 3.54. The van der Waals surface area contributed by atoms with Crippen LogP contribution in [0.15, 0.2) is 23.2 Å². The Hall–Kier alpha value is -0.960. The van der Waals surface area contributed by atoms with E-state index in [4.69, 9.17) is 4.74 Å². The molecule has 2 atom stereocenters. The Balaban J connectivity index is 0.00000264. The number of hydrogen-bond donors (Lipinski definition) is 2. The molecule has 0 aliphatic heterocycles. The molecule has 0 radical (unpaired) electrons. The molecule has 1 aromatic rings. The van der Waals surface area contributed by atoms with Crippen LogP contribution in [0.4, 0.5) is 8.78 Å². The van der Waals surface area contributed by atoms with E-state index in [1.54, 1.807) is 0 Å². The van der Waals surface area contributed by atoms with Crippen LogP contribution in [0.25, 0.3) is 0 Å². The fourth-order valence-corrected chi connectivity index (χ4v) is 2.40. The second-order valence-corrected chi connectivity index (χ2v) is 5.19. The molecular formula is C16H24F2IN3O. The highest BCUT2D eigenvalue weighted by Gasteiger charge is 2.42. The van der Waals surface area contributed by atoms with Crippen molar-refractivity contribution in [2.45, 2.75) is 32.2 Å². The third-order valence-electron chi connectivity index (χ3n) is 3.54. The number of halogens is 3. The van der Waals surface area contributed by atoms with Crippen molar-refractivity contribution in [1.82, 2.24) is 10.6 Å². The van der Waals surface area contributed by atoms with Gasteiger partial charge in [-0.1, -0.05) is 6.07 Å². The van der Waals surface area contributed by atoms with Crippen LogP contribution < -0.4 is 10.6 Å². The number of hydrogen-bond acceptors (Lipinski definition) is 2. The zero-order valence-electron chi connectivity index (χ0n) is 13.4. The number of guanidine groups is 1. The molecule has 1 aliphatic carbocycles. The number of nitrogens with one attached hydrogen (secondary N) is 2. The monoisotopic (exact) mass is 439 g/mol. The van der Waals surface area contributed by atoms with Crippen molar-refractivity contribution in [1.29, 1.82) is 0 Å². The molecule has 0 amide bonds. The molecule has 0 bridgehead atoms. The summed E-state index contributed by atoms with van der Waals surface area (Å²) >= 11 is 0. The number of nitrogens with zero attached hydrogens (tertiary/aromatic N) is 1. The Morgan fingerprint density at radius 2 is 2.00 bits per heavy atom. The van der Waals surface area contributed by atoms with Gasteiger partial charge in [-0.3, -0.25) is 4.99 Å². The molecule has 2 rings (SSSR count). The van der Waals surface area contributed by atoms with Crippen LogP contribution >= 0.6 is 24.0 Å². The van der Waals surface area contributed by atoms with Crippen LogP contribution in [0.3, 0.4) is 0 Å². The largest absolute Gasteiger partial charge is 0.380 e. The lowest BCUT2D eigenvalue weighted by molar-refractivity contribution is 0.155. The van der Waals surface area contributed by atoms with Gasteiger partial charge in [-0.15, -0.1) is 24.0 Å². The SMILES string of the molecule is CCNC(=NCCOCC)NC1CC1c1c(F)cccc1F.I. The van der Waals surface area contributed by atoms with Gasteiger partial charge in [0.15, 0.2) is 5.96 Å². The van der Waals surface area contributed by atoms with Gasteiger partial charge in [-0.05, 0) is 32.4 Å². The van der Waals surface area contributed by atoms with Crippen LogP contribution in [0.1, 0.15) is 31.7 Å². The van der Waals surface area contributed by atoms with Crippen LogP contribution in [-0.2, 0) is 4.74 Å². The van der Waals surface area contributed by atoms with Gasteiger partial charge in [-0.25, -0.2) is 8.78 Å². The summed E-state index contributed by atoms with van der Waals surface area (Å²) in [5, 5.41) is 6.35. The predicted molar refractivity (Wildman–Crippen MR) is 98.5 cm³/mol. The standard InChI is InChI=1S/C16H23F2N3O.HI/c1-3-19-16(20-8-9-22-4-2)21-14-10-11(14)15-12(17)6-5-7-13(15)18;/h5-7,11,14H,3-4,8-10H2,1-2H3,(H2,19,20,21);1H. The van der Waals surface area contributed by atoms with Crippen molar-refractivity contribution in [3.8, 4) is 0 Å². The molecule has 0 saturated heterocycles. The summed E-state index contributed by atoms with van der Waals surface area (Å²) in [5.74, 6) is -0.441. The summed E-state index contributed by atoms with van der Waals surface area (Å²) in [6, 6.07) is 4.00. The molecule has 2 N–H and O–H groups in total. The molecule has 4 nitrogen and oxygen atoms in total. The average molecular weight is 439 g/mol. The molecule has 1 saturated carbocycles. The van der Waals surface area contributed by atoms with Crippen molar-refractivity contribution in [2.24, 2.45) is 4.99 Å². The first-order valence-corrected chi connectivity index (χ1v) is 7.73. The molecule has 7 heteroatoms. The van der Waals surface area contributed by atoms with Gasteiger partial charge in [-0.2, -0.15) is 0 Å². The molecule has 1 fully saturated rings. The van der Waals surface area contributed by atoms with Crippen molar-refractivity contribution in [2.75, 3.05) is 26.3 Å². The number of aliphatic imine (C=N–C) groups is 1. The molecule has 0 heterocycles. The van der Waals surface area contributed by atoms with E-state index >= 15 is 0 Å². The Labute approximate surface area is 153 Å². The van der Waals surface area contributed by atoms with Crippen LogP contribution in [-0.4, -0.2) is 38.3 Å². The lowest BCUT2D eigenvalue weighted by Gasteiger charge is -2.11. The Morgan fingerprint density at radius 3 is 2.61 bits per heavy atom. The Morgan fingerprint density at radius 1 is 1.30 bits per heavy atom. The highest BCUT2D eigenvalue weighted by molar-refractivity contribution is 14.0. The van der Waals surface area contributed by atoms with E-state index in [1.165, 1.54) is 18.2 Å². The zero-order chi connectivity index (χ0) is 15.9. The third kappa shape index (κ3) is 5.87. The van der Waals surface area contributed by atoms with Gasteiger partial charge in [0.2, 0.25) is 0 Å². The maximum atomic E-state index is 13.8. The fraction of sp³-hybridized carbons (Fsp3) is 0.562. The topological polar surface area (TPSA) is 45.7 Å². The van der Waals surface area contributed by atoms with Crippen LogP contribution in [0, 0.1) is 11.6 Å². The van der Waals surface area contributed by atoms with E-state index in [0.717, 1.165) is 6.54 Å². The number of rotatable bonds is 7. The van der Waals surface area contributed by atoms with E-state index in [0.29, 0.717) is 32.1 Å². The summed E-state index contributed by atoms with van der Waals surface area (Å²) in [5.41, 5.74) is 0.171. The van der Waals surface area contributed by atoms with Crippen molar-refractivity contribution in [3.05, 3.63) is 35.4 Å². The highest BCUT2D eigenvalue weighted by atomic mass is 127. The first-order valence-electron chi connectivity index (χ1n) is 7.73. The molecule has 0 spiro atoms. The highest BCUT2D eigenvalue weighted by Crippen LogP contribution is 2.42. The van der Waals surface area contributed by atoms with E-state index in [9.17, 15) is 8.78 Å². The van der Waals surface area contributed by atoms with E-state index < -0.39 is 11.6 Å². The first kappa shape index (κ1) is 20.1.